The molecule has 2 unspecified atom stereocenters. The van der Waals surface area contributed by atoms with Crippen LogP contribution in [-0.4, -0.2) is 61.7 Å². The summed E-state index contributed by atoms with van der Waals surface area (Å²) in [6, 6.07) is 18.0. The minimum absolute atomic E-state index is 0.00609. The number of amides is 1. The number of rotatable bonds is 12. The number of esters is 1. The molecule has 1 saturated heterocycles. The van der Waals surface area contributed by atoms with Gasteiger partial charge in [-0.15, -0.1) is 0 Å². The van der Waals surface area contributed by atoms with Gasteiger partial charge in [0.2, 0.25) is 6.73 Å². The maximum absolute atomic E-state index is 13.2. The largest absolute Gasteiger partial charge is 0.444 e. The molecule has 1 amide bonds. The average molecular weight is 574 g/mol. The number of carbonyl (C=O) groups is 2. The Balaban J connectivity index is 1.63. The van der Waals surface area contributed by atoms with Gasteiger partial charge in [0, 0.05) is 11.6 Å². The van der Waals surface area contributed by atoms with Crippen molar-refractivity contribution in [3.63, 3.8) is 0 Å². The Hall–Kier alpha value is -2.61. The topological polar surface area (TPSA) is 73.9 Å². The number of alkyl carbamates (subject to hydrolysis) is 1. The fourth-order valence-corrected chi connectivity index (χ4v) is 5.15. The van der Waals surface area contributed by atoms with Gasteiger partial charge in [-0.25, -0.2) is 4.79 Å². The third kappa shape index (κ3) is 10.1. The predicted molar refractivity (Wildman–Crippen MR) is 158 cm³/mol. The number of likely N-dealkylation sites (tertiary alicyclic amines) is 1. The Labute approximate surface area is 244 Å². The van der Waals surface area contributed by atoms with Crippen LogP contribution in [0.25, 0.3) is 0 Å². The van der Waals surface area contributed by atoms with Gasteiger partial charge in [0.1, 0.15) is 18.2 Å². The lowest BCUT2D eigenvalue weighted by Crippen LogP contribution is -2.55. The van der Waals surface area contributed by atoms with Crippen molar-refractivity contribution in [2.75, 3.05) is 39.5 Å². The molecule has 1 aliphatic heterocycles. The van der Waals surface area contributed by atoms with Crippen LogP contribution in [0.5, 0.6) is 0 Å². The van der Waals surface area contributed by atoms with Crippen LogP contribution in [0.4, 0.5) is 4.79 Å². The van der Waals surface area contributed by atoms with Crippen molar-refractivity contribution in [1.29, 1.82) is 0 Å². The van der Waals surface area contributed by atoms with Crippen LogP contribution >= 0.6 is 11.6 Å². The van der Waals surface area contributed by atoms with E-state index < -0.39 is 17.6 Å². The molecule has 1 aliphatic rings. The highest BCUT2D eigenvalue weighted by Crippen LogP contribution is 2.28. The van der Waals surface area contributed by atoms with Crippen molar-refractivity contribution in [3.05, 3.63) is 70.7 Å². The van der Waals surface area contributed by atoms with Crippen LogP contribution in [0.1, 0.15) is 71.1 Å². The fraction of sp³-hybridized carbons (Fsp3) is 0.562. The van der Waals surface area contributed by atoms with Crippen LogP contribution < -0.4 is 5.32 Å². The van der Waals surface area contributed by atoms with Gasteiger partial charge >= 0.3 is 12.1 Å². The van der Waals surface area contributed by atoms with E-state index in [1.807, 2.05) is 77.1 Å². The number of hydrogen-bond donors (Lipinski definition) is 1. The van der Waals surface area contributed by atoms with Crippen molar-refractivity contribution in [2.24, 2.45) is 11.8 Å². The quantitative estimate of drug-likeness (QED) is 0.225. The molecule has 0 aromatic heterocycles. The van der Waals surface area contributed by atoms with E-state index in [9.17, 15) is 9.59 Å². The molecular weight excluding hydrogens is 528 g/mol. The van der Waals surface area contributed by atoms with Crippen molar-refractivity contribution < 1.29 is 28.3 Å². The van der Waals surface area contributed by atoms with Gasteiger partial charge in [0.15, 0.2) is 0 Å². The average Bonchev–Trinajstić information content (AvgIpc) is 2.91. The third-order valence-electron chi connectivity index (χ3n) is 7.34. The first-order chi connectivity index (χ1) is 19.0. The molecule has 1 N–H and O–H groups in total. The van der Waals surface area contributed by atoms with Crippen molar-refractivity contribution >= 4 is 23.7 Å². The molecule has 0 bridgehead atoms. The molecule has 2 aromatic rings. The Bertz CT molecular complexity index is 1060. The Morgan fingerprint density at radius 2 is 1.57 bits per heavy atom. The highest BCUT2D eigenvalue weighted by molar-refractivity contribution is 6.30. The van der Waals surface area contributed by atoms with E-state index >= 15 is 0 Å². The molecule has 1 fully saturated rings. The summed E-state index contributed by atoms with van der Waals surface area (Å²) in [5.74, 6) is -0.745. The van der Waals surface area contributed by atoms with Gasteiger partial charge in [-0.2, -0.15) is 0 Å². The lowest BCUT2D eigenvalue weighted by molar-refractivity contribution is -0.948. The van der Waals surface area contributed by atoms with E-state index in [2.05, 4.69) is 17.4 Å². The highest BCUT2D eigenvalue weighted by Gasteiger charge is 2.34. The van der Waals surface area contributed by atoms with Gasteiger partial charge in [0.25, 0.3) is 0 Å². The van der Waals surface area contributed by atoms with Crippen LogP contribution in [0, 0.1) is 11.8 Å². The van der Waals surface area contributed by atoms with E-state index in [4.69, 9.17) is 25.8 Å². The maximum Gasteiger partial charge on any atom is 0.407 e. The monoisotopic (exact) mass is 573 g/mol. The lowest BCUT2D eigenvalue weighted by Gasteiger charge is -2.41. The van der Waals surface area contributed by atoms with Crippen LogP contribution in [0.2, 0.25) is 5.02 Å². The maximum atomic E-state index is 13.2. The molecule has 220 valence electrons. The summed E-state index contributed by atoms with van der Waals surface area (Å²) in [7, 11) is 0. The second-order valence-corrected chi connectivity index (χ2v) is 12.5. The molecule has 0 spiro atoms. The zero-order valence-corrected chi connectivity index (χ0v) is 25.4. The van der Waals surface area contributed by atoms with Gasteiger partial charge in [-0.05, 0) is 69.2 Å². The summed E-state index contributed by atoms with van der Waals surface area (Å²) in [6.45, 7) is 13.0. The molecule has 1 heterocycles. The number of nitrogens with zero attached hydrogens (tertiary/aromatic N) is 1. The Morgan fingerprint density at radius 1 is 0.950 bits per heavy atom. The van der Waals surface area contributed by atoms with E-state index in [0.29, 0.717) is 22.8 Å². The van der Waals surface area contributed by atoms with E-state index in [0.717, 1.165) is 43.6 Å². The molecule has 8 heteroatoms. The molecule has 0 radical (unpaired) electrons. The summed E-state index contributed by atoms with van der Waals surface area (Å²) in [5, 5.41) is 3.43. The predicted octanol–water partition coefficient (Wildman–Crippen LogP) is 6.74. The Morgan fingerprint density at radius 3 is 2.17 bits per heavy atom. The zero-order chi connectivity index (χ0) is 29.2. The first kappa shape index (κ1) is 31.9. The molecule has 2 atom stereocenters. The zero-order valence-electron chi connectivity index (χ0n) is 24.7. The molecule has 2 aromatic carbocycles. The van der Waals surface area contributed by atoms with Crippen molar-refractivity contribution in [3.8, 4) is 0 Å². The smallest absolute Gasteiger partial charge is 0.407 e. The first-order valence-corrected chi connectivity index (χ1v) is 14.8. The van der Waals surface area contributed by atoms with E-state index in [1.165, 1.54) is 6.42 Å². The van der Waals surface area contributed by atoms with Crippen molar-refractivity contribution in [1.82, 2.24) is 5.32 Å². The molecule has 7 nitrogen and oxygen atoms in total. The SMILES string of the molecule is CC(C)C(CNC(=O)OC(C)(C)C)C(=O)OC[N+]1(CCOC(c2ccccc2)c2ccc(Cl)cc2)CCCCC1. The summed E-state index contributed by atoms with van der Waals surface area (Å²) in [5.41, 5.74) is 1.53. The minimum atomic E-state index is -0.599. The van der Waals surface area contributed by atoms with Gasteiger partial charge in [0.05, 0.1) is 25.6 Å². The number of nitrogens with one attached hydrogen (secondary N) is 1. The number of piperidine rings is 1. The second kappa shape index (κ2) is 14.9. The van der Waals surface area contributed by atoms with Crippen LogP contribution in [0.15, 0.2) is 54.6 Å². The summed E-state index contributed by atoms with van der Waals surface area (Å²) >= 11 is 6.14. The second-order valence-electron chi connectivity index (χ2n) is 12.1. The summed E-state index contributed by atoms with van der Waals surface area (Å²) in [6.07, 6.45) is 2.61. The number of carbonyl (C=O) groups excluding carboxylic acids is 2. The molecule has 40 heavy (non-hydrogen) atoms. The Kier molecular flexibility index (Phi) is 11.9. The third-order valence-corrected chi connectivity index (χ3v) is 7.60. The number of benzene rings is 2. The molecule has 0 aliphatic carbocycles. The normalized spacial score (nSPS) is 16.7. The number of halogens is 1. The van der Waals surface area contributed by atoms with Gasteiger partial charge < -0.3 is 19.5 Å². The summed E-state index contributed by atoms with van der Waals surface area (Å²) < 4.78 is 18.5. The minimum Gasteiger partial charge on any atom is -0.444 e. The molecular formula is C32H46ClN2O5+. The van der Waals surface area contributed by atoms with Crippen LogP contribution in [0.3, 0.4) is 0 Å². The highest BCUT2D eigenvalue weighted by atomic mass is 35.5. The lowest BCUT2D eigenvalue weighted by atomic mass is 9.96. The fourth-order valence-electron chi connectivity index (χ4n) is 5.02. The number of hydrogen-bond acceptors (Lipinski definition) is 5. The van der Waals surface area contributed by atoms with Gasteiger partial charge in [-0.1, -0.05) is 67.9 Å². The number of ether oxygens (including phenoxy) is 3. The molecule has 0 saturated carbocycles. The van der Waals surface area contributed by atoms with E-state index in [-0.39, 0.29) is 24.5 Å². The van der Waals surface area contributed by atoms with Gasteiger partial charge in [-0.3, -0.25) is 9.28 Å². The van der Waals surface area contributed by atoms with Crippen molar-refractivity contribution in [2.45, 2.75) is 65.6 Å². The molecule has 3 rings (SSSR count). The standard InChI is InChI=1S/C32H45ClN2O5/c1-24(2)28(22-34-31(37)40-32(3,4)5)30(36)39-23-35(18-10-7-11-19-35)20-21-38-29(25-12-8-6-9-13-25)26-14-16-27(33)17-15-26/h6,8-9,12-17,24,28-29H,7,10-11,18-23H2,1-5H3/p+1. The number of quaternary nitrogens is 1. The summed E-state index contributed by atoms with van der Waals surface area (Å²) in [4.78, 5) is 25.3. The van der Waals surface area contributed by atoms with Crippen LogP contribution in [-0.2, 0) is 19.0 Å². The first-order valence-electron chi connectivity index (χ1n) is 14.4. The van der Waals surface area contributed by atoms with E-state index in [1.54, 1.807) is 0 Å².